The zero-order valence-corrected chi connectivity index (χ0v) is 11.5. The summed E-state index contributed by atoms with van der Waals surface area (Å²) in [6.07, 6.45) is 0.935. The number of phenolic OH excluding ortho intramolecular Hbond substituents is 1. The lowest BCUT2D eigenvalue weighted by Crippen LogP contribution is -2.28. The minimum atomic E-state index is -0.128. The van der Waals surface area contributed by atoms with Gasteiger partial charge in [-0.25, -0.2) is 0 Å². The normalized spacial score (nSPS) is 19.6. The molecule has 17 heavy (non-hydrogen) atoms. The molecule has 1 aromatic carbocycles. The lowest BCUT2D eigenvalue weighted by atomic mass is 10.1. The van der Waals surface area contributed by atoms with Crippen LogP contribution >= 0.6 is 27.5 Å². The van der Waals surface area contributed by atoms with Gasteiger partial charge in [0.2, 0.25) is 0 Å². The van der Waals surface area contributed by atoms with E-state index in [9.17, 15) is 9.90 Å². The van der Waals surface area contributed by atoms with Gasteiger partial charge in [0.05, 0.1) is 5.56 Å². The van der Waals surface area contributed by atoms with Crippen molar-refractivity contribution in [2.24, 2.45) is 5.92 Å². The first-order chi connectivity index (χ1) is 8.11. The molecule has 0 aliphatic carbocycles. The van der Waals surface area contributed by atoms with E-state index in [2.05, 4.69) is 15.9 Å². The van der Waals surface area contributed by atoms with Crippen molar-refractivity contribution in [3.05, 3.63) is 28.2 Å². The number of hydrogen-bond donors (Lipinski definition) is 1. The summed E-state index contributed by atoms with van der Waals surface area (Å²) >= 11 is 9.08. The Kier molecular flexibility index (Phi) is 3.94. The van der Waals surface area contributed by atoms with Gasteiger partial charge >= 0.3 is 0 Å². The number of halogens is 2. The van der Waals surface area contributed by atoms with E-state index in [4.69, 9.17) is 11.6 Å². The Bertz CT molecular complexity index is 439. The molecule has 1 unspecified atom stereocenters. The summed E-state index contributed by atoms with van der Waals surface area (Å²) in [6.45, 7) is 1.39. The third-order valence-corrected chi connectivity index (χ3v) is 3.91. The molecule has 92 valence electrons. The summed E-state index contributed by atoms with van der Waals surface area (Å²) in [4.78, 5) is 13.9. The van der Waals surface area contributed by atoms with Gasteiger partial charge < -0.3 is 10.0 Å². The standard InChI is InChI=1S/C12H13BrClNO2/c13-9-1-2-11(16)10(5-9)12(17)15-4-3-8(6-14)7-15/h1-2,5,8,16H,3-4,6-7H2. The maximum absolute atomic E-state index is 12.2. The van der Waals surface area contributed by atoms with Crippen LogP contribution in [0.15, 0.2) is 22.7 Å². The second-order valence-electron chi connectivity index (χ2n) is 4.22. The predicted octanol–water partition coefficient (Wildman–Crippen LogP) is 2.86. The summed E-state index contributed by atoms with van der Waals surface area (Å²) in [5.74, 6) is 0.840. The Morgan fingerprint density at radius 3 is 3.00 bits per heavy atom. The van der Waals surface area contributed by atoms with Crippen molar-refractivity contribution in [3.8, 4) is 5.75 Å². The smallest absolute Gasteiger partial charge is 0.257 e. The summed E-state index contributed by atoms with van der Waals surface area (Å²) in [6, 6.07) is 4.87. The number of likely N-dealkylation sites (tertiary alicyclic amines) is 1. The number of rotatable bonds is 2. The quantitative estimate of drug-likeness (QED) is 0.852. The highest BCUT2D eigenvalue weighted by Crippen LogP contribution is 2.26. The average Bonchev–Trinajstić information content (AvgIpc) is 2.80. The molecule has 0 aromatic heterocycles. The lowest BCUT2D eigenvalue weighted by molar-refractivity contribution is 0.0785. The van der Waals surface area contributed by atoms with Crippen molar-refractivity contribution < 1.29 is 9.90 Å². The molecule has 1 heterocycles. The molecule has 0 saturated carbocycles. The van der Waals surface area contributed by atoms with Crippen LogP contribution in [0.3, 0.4) is 0 Å². The Morgan fingerprint density at radius 1 is 1.59 bits per heavy atom. The molecule has 5 heteroatoms. The van der Waals surface area contributed by atoms with Gasteiger partial charge in [0.15, 0.2) is 0 Å². The van der Waals surface area contributed by atoms with Gasteiger partial charge in [-0.2, -0.15) is 0 Å². The number of aromatic hydroxyl groups is 1. The van der Waals surface area contributed by atoms with Crippen molar-refractivity contribution in [1.29, 1.82) is 0 Å². The van der Waals surface area contributed by atoms with E-state index >= 15 is 0 Å². The molecular formula is C12H13BrClNO2. The van der Waals surface area contributed by atoms with Crippen molar-refractivity contribution >= 4 is 33.4 Å². The highest BCUT2D eigenvalue weighted by molar-refractivity contribution is 9.10. The monoisotopic (exact) mass is 317 g/mol. The average molecular weight is 319 g/mol. The van der Waals surface area contributed by atoms with Crippen molar-refractivity contribution in [2.75, 3.05) is 19.0 Å². The topological polar surface area (TPSA) is 40.5 Å². The molecule has 0 spiro atoms. The third-order valence-electron chi connectivity index (χ3n) is 2.98. The fourth-order valence-corrected chi connectivity index (χ4v) is 2.61. The molecule has 1 N–H and O–H groups in total. The fourth-order valence-electron chi connectivity index (χ4n) is 1.99. The predicted molar refractivity (Wildman–Crippen MR) is 70.5 cm³/mol. The first-order valence-electron chi connectivity index (χ1n) is 5.45. The molecule has 1 saturated heterocycles. The highest BCUT2D eigenvalue weighted by atomic mass is 79.9. The van der Waals surface area contributed by atoms with Crippen LogP contribution in [-0.2, 0) is 0 Å². The molecule has 1 aliphatic rings. The number of nitrogens with zero attached hydrogens (tertiary/aromatic N) is 1. The van der Waals surface area contributed by atoms with Gasteiger partial charge in [-0.05, 0) is 30.5 Å². The zero-order chi connectivity index (χ0) is 12.4. The van der Waals surface area contributed by atoms with Crippen LogP contribution in [0.2, 0.25) is 0 Å². The second kappa shape index (κ2) is 5.27. The molecule has 3 nitrogen and oxygen atoms in total. The molecule has 0 radical (unpaired) electrons. The Balaban J connectivity index is 2.17. The van der Waals surface area contributed by atoms with Crippen LogP contribution in [0, 0.1) is 5.92 Å². The Labute approximate surface area is 114 Å². The van der Waals surface area contributed by atoms with E-state index in [0.717, 1.165) is 10.9 Å². The summed E-state index contributed by atoms with van der Waals surface area (Å²) < 4.78 is 0.784. The third kappa shape index (κ3) is 2.75. The van der Waals surface area contributed by atoms with Crippen LogP contribution < -0.4 is 0 Å². The summed E-state index contributed by atoms with van der Waals surface area (Å²) in [5, 5.41) is 9.69. The van der Waals surface area contributed by atoms with Crippen LogP contribution in [-0.4, -0.2) is 34.9 Å². The number of carbonyl (C=O) groups excluding carboxylic acids is 1. The van der Waals surface area contributed by atoms with E-state index in [1.807, 2.05) is 0 Å². The van der Waals surface area contributed by atoms with Gasteiger partial charge in [0, 0.05) is 23.4 Å². The molecule has 1 aromatic rings. The van der Waals surface area contributed by atoms with E-state index < -0.39 is 0 Å². The minimum Gasteiger partial charge on any atom is -0.507 e. The Morgan fingerprint density at radius 2 is 2.35 bits per heavy atom. The highest BCUT2D eigenvalue weighted by Gasteiger charge is 2.27. The maximum atomic E-state index is 12.2. The number of hydrogen-bond acceptors (Lipinski definition) is 2. The molecular weight excluding hydrogens is 305 g/mol. The number of benzene rings is 1. The summed E-state index contributed by atoms with van der Waals surface area (Å²) in [5.41, 5.74) is 0.342. The van der Waals surface area contributed by atoms with Crippen LogP contribution in [0.4, 0.5) is 0 Å². The first-order valence-corrected chi connectivity index (χ1v) is 6.78. The van der Waals surface area contributed by atoms with Crippen LogP contribution in [0.1, 0.15) is 16.8 Å². The van der Waals surface area contributed by atoms with E-state index in [1.165, 1.54) is 6.07 Å². The molecule has 1 amide bonds. The number of phenols is 1. The molecule has 1 fully saturated rings. The van der Waals surface area contributed by atoms with Gasteiger partial charge in [0.25, 0.3) is 5.91 Å². The van der Waals surface area contributed by atoms with Crippen LogP contribution in [0.25, 0.3) is 0 Å². The van der Waals surface area contributed by atoms with Crippen LogP contribution in [0.5, 0.6) is 5.75 Å². The minimum absolute atomic E-state index is 0.0209. The molecule has 1 atom stereocenters. The Hall–Kier alpha value is -0.740. The molecule has 1 aliphatic heterocycles. The van der Waals surface area contributed by atoms with Gasteiger partial charge in [0.1, 0.15) is 5.75 Å². The van der Waals surface area contributed by atoms with Crippen molar-refractivity contribution in [3.63, 3.8) is 0 Å². The van der Waals surface area contributed by atoms with Crippen molar-refractivity contribution in [2.45, 2.75) is 6.42 Å². The second-order valence-corrected chi connectivity index (χ2v) is 5.45. The molecule has 2 rings (SSSR count). The maximum Gasteiger partial charge on any atom is 0.257 e. The SMILES string of the molecule is O=C(c1cc(Br)ccc1O)N1CCC(CCl)C1. The lowest BCUT2D eigenvalue weighted by Gasteiger charge is -2.17. The van der Waals surface area contributed by atoms with Crippen molar-refractivity contribution in [1.82, 2.24) is 4.90 Å². The number of carbonyl (C=O) groups is 1. The van der Waals surface area contributed by atoms with E-state index in [0.29, 0.717) is 30.5 Å². The van der Waals surface area contributed by atoms with Gasteiger partial charge in [-0.1, -0.05) is 15.9 Å². The van der Waals surface area contributed by atoms with E-state index in [-0.39, 0.29) is 11.7 Å². The molecule has 0 bridgehead atoms. The van der Waals surface area contributed by atoms with E-state index in [1.54, 1.807) is 17.0 Å². The largest absolute Gasteiger partial charge is 0.507 e. The van der Waals surface area contributed by atoms with Gasteiger partial charge in [-0.3, -0.25) is 4.79 Å². The van der Waals surface area contributed by atoms with Gasteiger partial charge in [-0.15, -0.1) is 11.6 Å². The first kappa shape index (κ1) is 12.7. The summed E-state index contributed by atoms with van der Waals surface area (Å²) in [7, 11) is 0. The number of amides is 1. The number of alkyl halides is 1. The zero-order valence-electron chi connectivity index (χ0n) is 9.20. The fraction of sp³-hybridized carbons (Fsp3) is 0.417.